The van der Waals surface area contributed by atoms with Gasteiger partial charge in [-0.15, -0.1) is 13.2 Å². The Kier molecular flexibility index (Phi) is 16.6. The van der Waals surface area contributed by atoms with Crippen LogP contribution in [0, 0.1) is 16.6 Å². The first-order chi connectivity index (χ1) is 22.3. The molecule has 3 aromatic rings. The summed E-state index contributed by atoms with van der Waals surface area (Å²) in [5.74, 6) is -0.0923. The first-order valence-corrected chi connectivity index (χ1v) is 15.7. The van der Waals surface area contributed by atoms with Crippen LogP contribution in [0.1, 0.15) is 67.9 Å². The van der Waals surface area contributed by atoms with Crippen molar-refractivity contribution in [3.8, 4) is 28.9 Å². The van der Waals surface area contributed by atoms with Crippen LogP contribution in [0.4, 0.5) is 30.7 Å². The van der Waals surface area contributed by atoms with Crippen LogP contribution in [0.3, 0.4) is 0 Å². The maximum Gasteiger partial charge on any atom is 0.573 e. The van der Waals surface area contributed by atoms with Crippen molar-refractivity contribution in [2.75, 3.05) is 19.8 Å². The summed E-state index contributed by atoms with van der Waals surface area (Å²) in [4.78, 5) is 4.04. The molecular formula is C34H42Cl2F7NO5. The number of hydrogen-bond acceptors (Lipinski definition) is 6. The van der Waals surface area contributed by atoms with Gasteiger partial charge in [0.2, 0.25) is 5.88 Å². The Morgan fingerprint density at radius 2 is 1.22 bits per heavy atom. The van der Waals surface area contributed by atoms with Gasteiger partial charge in [0.1, 0.15) is 33.8 Å². The molecule has 1 aromatic heterocycles. The maximum atomic E-state index is 13.0. The number of benzene rings is 2. The zero-order chi connectivity index (χ0) is 37.8. The normalized spacial score (nSPS) is 11.9. The lowest BCUT2D eigenvalue weighted by atomic mass is 9.99. The molecular weight excluding hydrogens is 706 g/mol. The molecule has 2 aromatic carbocycles. The molecule has 0 spiro atoms. The lowest BCUT2D eigenvalue weighted by molar-refractivity contribution is -0.274. The quantitative estimate of drug-likeness (QED) is 0.203. The standard InChI is InChI=1S/C12H14ClF3O2.C12H14F4O.C10H14ClNO2/c1-11(2,3)7-17-9-4-8(13)5-10(6-9)18-12(14,15)16;1-11(2,3)7-17-10-5-8(12(14,15)16)4-9(13)6-10;1-4-13-10-9(11)5-8(6-12-10)14-7(2)3/h4-6H,7H2,1-3H3;4-6H,7H2,1-3H3;5-7H,4H2,1-3H3. The molecule has 0 amide bonds. The molecule has 6 nitrogen and oxygen atoms in total. The van der Waals surface area contributed by atoms with Crippen LogP contribution < -0.4 is 23.7 Å². The van der Waals surface area contributed by atoms with E-state index in [2.05, 4.69) is 9.72 Å². The van der Waals surface area contributed by atoms with E-state index in [-0.39, 0.29) is 45.8 Å². The Morgan fingerprint density at radius 1 is 0.694 bits per heavy atom. The molecule has 276 valence electrons. The lowest BCUT2D eigenvalue weighted by Crippen LogP contribution is -2.18. The Morgan fingerprint density at radius 3 is 1.67 bits per heavy atom. The second-order valence-electron chi connectivity index (χ2n) is 13.1. The molecule has 0 aliphatic heterocycles. The number of hydrogen-bond donors (Lipinski definition) is 0. The van der Waals surface area contributed by atoms with Crippen LogP contribution in [0.25, 0.3) is 0 Å². The van der Waals surface area contributed by atoms with E-state index in [9.17, 15) is 30.7 Å². The number of aromatic nitrogens is 1. The second kappa shape index (κ2) is 18.6. The number of pyridine rings is 1. The van der Waals surface area contributed by atoms with Gasteiger partial charge in [-0.05, 0) is 55.9 Å². The summed E-state index contributed by atoms with van der Waals surface area (Å²) in [6.07, 6.45) is -7.59. The van der Waals surface area contributed by atoms with Gasteiger partial charge in [0, 0.05) is 23.2 Å². The molecule has 49 heavy (non-hydrogen) atoms. The molecule has 0 bridgehead atoms. The Hall–Kier alpha value is -3.32. The predicted octanol–water partition coefficient (Wildman–Crippen LogP) is 11.9. The van der Waals surface area contributed by atoms with Gasteiger partial charge >= 0.3 is 12.5 Å². The zero-order valence-corrected chi connectivity index (χ0v) is 30.2. The lowest BCUT2D eigenvalue weighted by Gasteiger charge is -2.19. The van der Waals surface area contributed by atoms with Crippen LogP contribution in [-0.4, -0.2) is 37.3 Å². The molecule has 0 aliphatic rings. The first-order valence-electron chi connectivity index (χ1n) is 14.9. The molecule has 0 saturated carbocycles. The third-order valence-electron chi connectivity index (χ3n) is 5.06. The van der Waals surface area contributed by atoms with Crippen molar-refractivity contribution in [2.24, 2.45) is 10.8 Å². The van der Waals surface area contributed by atoms with Crippen LogP contribution in [0.2, 0.25) is 10.0 Å². The molecule has 0 N–H and O–H groups in total. The first kappa shape index (κ1) is 43.7. The summed E-state index contributed by atoms with van der Waals surface area (Å²) in [7, 11) is 0. The number of ether oxygens (including phenoxy) is 5. The van der Waals surface area contributed by atoms with E-state index in [1.54, 1.807) is 12.3 Å². The molecule has 0 atom stereocenters. The van der Waals surface area contributed by atoms with Crippen molar-refractivity contribution in [1.82, 2.24) is 4.98 Å². The fraction of sp³-hybridized carbons (Fsp3) is 0.500. The van der Waals surface area contributed by atoms with Gasteiger partial charge in [0.25, 0.3) is 0 Å². The van der Waals surface area contributed by atoms with Gasteiger partial charge in [-0.3, -0.25) is 0 Å². The zero-order valence-electron chi connectivity index (χ0n) is 28.7. The Labute approximate surface area is 292 Å². The van der Waals surface area contributed by atoms with E-state index in [1.165, 1.54) is 6.07 Å². The van der Waals surface area contributed by atoms with Crippen molar-refractivity contribution in [3.05, 3.63) is 70.1 Å². The van der Waals surface area contributed by atoms with E-state index >= 15 is 0 Å². The summed E-state index contributed by atoms with van der Waals surface area (Å²) in [5, 5.41) is 0.602. The number of nitrogens with zero attached hydrogens (tertiary/aromatic N) is 1. The second-order valence-corrected chi connectivity index (χ2v) is 13.9. The Bertz CT molecular complexity index is 1450. The molecule has 0 unspecified atom stereocenters. The van der Waals surface area contributed by atoms with E-state index in [0.717, 1.165) is 24.3 Å². The van der Waals surface area contributed by atoms with Crippen molar-refractivity contribution < 1.29 is 54.4 Å². The molecule has 15 heteroatoms. The van der Waals surface area contributed by atoms with E-state index in [4.69, 9.17) is 42.1 Å². The topological polar surface area (TPSA) is 59.0 Å². The van der Waals surface area contributed by atoms with Crippen LogP contribution in [0.5, 0.6) is 28.9 Å². The van der Waals surface area contributed by atoms with E-state index in [1.807, 2.05) is 62.3 Å². The summed E-state index contributed by atoms with van der Waals surface area (Å²) in [6, 6.07) is 7.58. The summed E-state index contributed by atoms with van der Waals surface area (Å²) < 4.78 is 111. The van der Waals surface area contributed by atoms with Gasteiger partial charge in [0.05, 0.1) is 37.7 Å². The minimum absolute atomic E-state index is 0.104. The third kappa shape index (κ3) is 20.1. The number of halogens is 9. The summed E-state index contributed by atoms with van der Waals surface area (Å²) in [5.41, 5.74) is -1.35. The highest BCUT2D eigenvalue weighted by molar-refractivity contribution is 6.32. The molecule has 0 saturated heterocycles. The molecule has 1 heterocycles. The minimum Gasteiger partial charge on any atom is -0.493 e. The minimum atomic E-state index is -4.74. The van der Waals surface area contributed by atoms with Crippen molar-refractivity contribution >= 4 is 23.2 Å². The molecule has 0 radical (unpaired) electrons. The highest BCUT2D eigenvalue weighted by atomic mass is 35.5. The fourth-order valence-electron chi connectivity index (χ4n) is 3.21. The van der Waals surface area contributed by atoms with Gasteiger partial charge in [-0.1, -0.05) is 64.7 Å². The monoisotopic (exact) mass is 747 g/mol. The van der Waals surface area contributed by atoms with Gasteiger partial charge < -0.3 is 23.7 Å². The molecule has 3 rings (SSSR count). The number of rotatable bonds is 9. The summed E-state index contributed by atoms with van der Waals surface area (Å²) in [6.45, 7) is 18.4. The van der Waals surface area contributed by atoms with Gasteiger partial charge in [-0.2, -0.15) is 13.2 Å². The van der Waals surface area contributed by atoms with Crippen molar-refractivity contribution in [1.29, 1.82) is 0 Å². The smallest absolute Gasteiger partial charge is 0.493 e. The molecule has 0 fully saturated rings. The van der Waals surface area contributed by atoms with Crippen molar-refractivity contribution in [2.45, 2.75) is 81.0 Å². The van der Waals surface area contributed by atoms with Crippen LogP contribution >= 0.6 is 23.2 Å². The summed E-state index contributed by atoms with van der Waals surface area (Å²) >= 11 is 11.6. The van der Waals surface area contributed by atoms with Gasteiger partial charge in [-0.25, -0.2) is 9.37 Å². The average molecular weight is 749 g/mol. The SMILES string of the molecule is CC(C)(C)COc1cc(Cl)cc(OC(F)(F)F)c1.CC(C)(C)COc1cc(F)cc(C(F)(F)F)c1.CCOc1ncc(OC(C)C)cc1Cl. The third-order valence-corrected chi connectivity index (χ3v) is 5.54. The van der Waals surface area contributed by atoms with Crippen LogP contribution in [-0.2, 0) is 6.18 Å². The highest BCUT2D eigenvalue weighted by Gasteiger charge is 2.32. The number of alkyl halides is 6. The predicted molar refractivity (Wildman–Crippen MR) is 176 cm³/mol. The highest BCUT2D eigenvalue weighted by Crippen LogP contribution is 2.33. The maximum absolute atomic E-state index is 13.0. The van der Waals surface area contributed by atoms with Gasteiger partial charge in [0.15, 0.2) is 0 Å². The average Bonchev–Trinajstić information content (AvgIpc) is 2.90. The Balaban J connectivity index is 0.000000370. The van der Waals surface area contributed by atoms with Crippen LogP contribution in [0.15, 0.2) is 48.7 Å². The largest absolute Gasteiger partial charge is 0.573 e. The van der Waals surface area contributed by atoms with Crippen molar-refractivity contribution in [3.63, 3.8) is 0 Å². The van der Waals surface area contributed by atoms with E-state index < -0.39 is 23.9 Å². The fourth-order valence-corrected chi connectivity index (χ4v) is 3.64. The van der Waals surface area contributed by atoms with E-state index in [0.29, 0.717) is 35.9 Å². The molecule has 0 aliphatic carbocycles.